The van der Waals surface area contributed by atoms with E-state index in [4.69, 9.17) is 5.73 Å². The number of fused-ring (bicyclic) bond motifs is 1. The number of halogens is 1. The molecule has 1 aromatic carbocycles. The summed E-state index contributed by atoms with van der Waals surface area (Å²) in [7, 11) is 0. The molecule has 3 rings (SSSR count). The molecule has 104 valence electrons. The fraction of sp³-hybridized carbons (Fsp3) is 0.286. The van der Waals surface area contributed by atoms with Gasteiger partial charge in [-0.15, -0.1) is 0 Å². The van der Waals surface area contributed by atoms with E-state index < -0.39 is 0 Å². The van der Waals surface area contributed by atoms with Crippen LogP contribution in [0.5, 0.6) is 0 Å². The van der Waals surface area contributed by atoms with Crippen molar-refractivity contribution in [1.82, 2.24) is 10.3 Å². The number of hydrogen-bond donors (Lipinski definition) is 3. The zero-order valence-corrected chi connectivity index (χ0v) is 12.4. The Balaban J connectivity index is 1.80. The second-order valence-corrected chi connectivity index (χ2v) is 5.86. The van der Waals surface area contributed by atoms with Gasteiger partial charge in [0.15, 0.2) is 0 Å². The molecule has 1 aromatic heterocycles. The number of nitrogens with two attached hydrogens (primary N) is 1. The van der Waals surface area contributed by atoms with Gasteiger partial charge in [-0.05, 0) is 47.0 Å². The topological polar surface area (TPSA) is 80.0 Å². The van der Waals surface area contributed by atoms with Crippen molar-refractivity contribution in [2.75, 3.05) is 17.6 Å². The van der Waals surface area contributed by atoms with Crippen molar-refractivity contribution in [3.05, 3.63) is 28.9 Å². The standard InChI is InChI=1S/C14H15BrN4O/c15-8-5-10-11(16)3-4-12(14(10)18-6-8)17-7-13(20)19-9-1-2-9/h3-6,9,17H,1-2,7,16H2,(H,19,20). The molecule has 1 saturated carbocycles. The second-order valence-electron chi connectivity index (χ2n) is 4.95. The summed E-state index contributed by atoms with van der Waals surface area (Å²) >= 11 is 3.38. The molecule has 2 aromatic rings. The van der Waals surface area contributed by atoms with Gasteiger partial charge >= 0.3 is 0 Å². The van der Waals surface area contributed by atoms with Gasteiger partial charge in [0.05, 0.1) is 17.7 Å². The quantitative estimate of drug-likeness (QED) is 0.749. The summed E-state index contributed by atoms with van der Waals surface area (Å²) in [5, 5.41) is 6.93. The van der Waals surface area contributed by atoms with Crippen LogP contribution >= 0.6 is 15.9 Å². The second kappa shape index (κ2) is 5.28. The lowest BCUT2D eigenvalue weighted by Gasteiger charge is -2.11. The Labute approximate surface area is 125 Å². The first-order chi connectivity index (χ1) is 9.63. The van der Waals surface area contributed by atoms with Crippen LogP contribution in [0, 0.1) is 0 Å². The van der Waals surface area contributed by atoms with Crippen molar-refractivity contribution < 1.29 is 4.79 Å². The van der Waals surface area contributed by atoms with Gasteiger partial charge in [-0.25, -0.2) is 0 Å². The molecule has 0 saturated heterocycles. The van der Waals surface area contributed by atoms with Crippen LogP contribution in [0.15, 0.2) is 28.9 Å². The van der Waals surface area contributed by atoms with Crippen LogP contribution in [-0.4, -0.2) is 23.5 Å². The Morgan fingerprint density at radius 2 is 2.25 bits per heavy atom. The summed E-state index contributed by atoms with van der Waals surface area (Å²) in [5.41, 5.74) is 8.21. The molecule has 1 amide bonds. The Bertz CT molecular complexity index is 670. The molecular formula is C14H15BrN4O. The monoisotopic (exact) mass is 334 g/mol. The van der Waals surface area contributed by atoms with E-state index >= 15 is 0 Å². The SMILES string of the molecule is Nc1ccc(NCC(=O)NC2CC2)c2ncc(Br)cc12. The molecule has 4 N–H and O–H groups in total. The number of anilines is 2. The Morgan fingerprint density at radius 1 is 1.45 bits per heavy atom. The lowest BCUT2D eigenvalue weighted by Crippen LogP contribution is -2.31. The van der Waals surface area contributed by atoms with Crippen LogP contribution in [0.4, 0.5) is 11.4 Å². The van der Waals surface area contributed by atoms with Crippen LogP contribution in [0.1, 0.15) is 12.8 Å². The van der Waals surface area contributed by atoms with E-state index in [2.05, 4.69) is 31.5 Å². The van der Waals surface area contributed by atoms with Crippen LogP contribution in [0.2, 0.25) is 0 Å². The molecule has 0 atom stereocenters. The molecule has 0 aliphatic heterocycles. The first kappa shape index (κ1) is 13.2. The van der Waals surface area contributed by atoms with E-state index in [1.165, 1.54) is 0 Å². The van der Waals surface area contributed by atoms with Crippen LogP contribution in [-0.2, 0) is 4.79 Å². The number of nitrogens with one attached hydrogen (secondary N) is 2. The van der Waals surface area contributed by atoms with Gasteiger partial charge in [0.1, 0.15) is 0 Å². The molecule has 0 bridgehead atoms. The molecule has 0 spiro atoms. The van der Waals surface area contributed by atoms with E-state index in [0.717, 1.165) is 33.9 Å². The summed E-state index contributed by atoms with van der Waals surface area (Å²) in [6.45, 7) is 0.243. The summed E-state index contributed by atoms with van der Waals surface area (Å²) in [6.07, 6.45) is 3.90. The van der Waals surface area contributed by atoms with Crippen LogP contribution in [0.3, 0.4) is 0 Å². The van der Waals surface area contributed by atoms with E-state index in [1.54, 1.807) is 6.20 Å². The van der Waals surface area contributed by atoms with Crippen molar-refractivity contribution in [1.29, 1.82) is 0 Å². The van der Waals surface area contributed by atoms with Gasteiger partial charge in [-0.3, -0.25) is 9.78 Å². The van der Waals surface area contributed by atoms with Crippen LogP contribution in [0.25, 0.3) is 10.9 Å². The first-order valence-corrected chi connectivity index (χ1v) is 7.30. The third-order valence-electron chi connectivity index (χ3n) is 3.23. The summed E-state index contributed by atoms with van der Waals surface area (Å²) in [5.74, 6) is 0.00888. The average molecular weight is 335 g/mol. The molecule has 1 heterocycles. The van der Waals surface area contributed by atoms with Crippen LogP contribution < -0.4 is 16.4 Å². The molecule has 5 nitrogen and oxygen atoms in total. The molecule has 6 heteroatoms. The lowest BCUT2D eigenvalue weighted by atomic mass is 10.1. The molecule has 1 aliphatic rings. The maximum Gasteiger partial charge on any atom is 0.239 e. The summed E-state index contributed by atoms with van der Waals surface area (Å²) in [6, 6.07) is 5.97. The predicted molar refractivity (Wildman–Crippen MR) is 83.5 cm³/mol. The Kier molecular flexibility index (Phi) is 3.48. The van der Waals surface area contributed by atoms with Gasteiger partial charge in [0, 0.05) is 27.8 Å². The maximum atomic E-state index is 11.7. The van der Waals surface area contributed by atoms with E-state index in [-0.39, 0.29) is 12.5 Å². The third kappa shape index (κ3) is 2.85. The van der Waals surface area contributed by atoms with Crippen molar-refractivity contribution in [3.63, 3.8) is 0 Å². The fourth-order valence-electron chi connectivity index (χ4n) is 2.04. The maximum absolute atomic E-state index is 11.7. The number of nitrogen functional groups attached to an aromatic ring is 1. The normalized spacial score (nSPS) is 14.2. The predicted octanol–water partition coefficient (Wildman–Crippen LogP) is 2.27. The minimum Gasteiger partial charge on any atom is -0.398 e. The van der Waals surface area contributed by atoms with Crippen molar-refractivity contribution in [3.8, 4) is 0 Å². The molecule has 0 unspecified atom stereocenters. The number of aromatic nitrogens is 1. The van der Waals surface area contributed by atoms with E-state index in [1.807, 2.05) is 18.2 Å². The zero-order valence-electron chi connectivity index (χ0n) is 10.8. The number of carbonyl (C=O) groups is 1. The molecular weight excluding hydrogens is 320 g/mol. The third-order valence-corrected chi connectivity index (χ3v) is 3.67. The number of pyridine rings is 1. The Hall–Kier alpha value is -1.82. The average Bonchev–Trinajstić information content (AvgIpc) is 3.22. The van der Waals surface area contributed by atoms with Gasteiger partial charge < -0.3 is 16.4 Å². The summed E-state index contributed by atoms with van der Waals surface area (Å²) in [4.78, 5) is 16.1. The van der Waals surface area contributed by atoms with Crippen molar-refractivity contribution >= 4 is 44.1 Å². The Morgan fingerprint density at radius 3 is 3.00 bits per heavy atom. The highest BCUT2D eigenvalue weighted by Crippen LogP contribution is 2.28. The lowest BCUT2D eigenvalue weighted by molar-refractivity contribution is -0.119. The number of benzene rings is 1. The van der Waals surface area contributed by atoms with Gasteiger partial charge in [0.25, 0.3) is 0 Å². The highest BCUT2D eigenvalue weighted by molar-refractivity contribution is 9.10. The minimum atomic E-state index is 0.00888. The number of nitrogens with zero attached hydrogens (tertiary/aromatic N) is 1. The minimum absolute atomic E-state index is 0.00888. The highest BCUT2D eigenvalue weighted by atomic mass is 79.9. The fourth-order valence-corrected chi connectivity index (χ4v) is 2.37. The van der Waals surface area contributed by atoms with Crippen molar-refractivity contribution in [2.45, 2.75) is 18.9 Å². The largest absolute Gasteiger partial charge is 0.398 e. The molecule has 1 fully saturated rings. The number of hydrogen-bond acceptors (Lipinski definition) is 4. The molecule has 20 heavy (non-hydrogen) atoms. The smallest absolute Gasteiger partial charge is 0.239 e. The van der Waals surface area contributed by atoms with E-state index in [9.17, 15) is 4.79 Å². The number of rotatable bonds is 4. The number of amides is 1. The first-order valence-electron chi connectivity index (χ1n) is 6.50. The molecule has 1 aliphatic carbocycles. The van der Waals surface area contributed by atoms with E-state index in [0.29, 0.717) is 11.7 Å². The van der Waals surface area contributed by atoms with Crippen molar-refractivity contribution in [2.24, 2.45) is 0 Å². The molecule has 0 radical (unpaired) electrons. The van der Waals surface area contributed by atoms with Gasteiger partial charge in [-0.1, -0.05) is 0 Å². The highest BCUT2D eigenvalue weighted by Gasteiger charge is 2.22. The zero-order chi connectivity index (χ0) is 14.1. The van der Waals surface area contributed by atoms with Gasteiger partial charge in [0.2, 0.25) is 5.91 Å². The number of carbonyl (C=O) groups excluding carboxylic acids is 1. The van der Waals surface area contributed by atoms with Gasteiger partial charge in [-0.2, -0.15) is 0 Å². The summed E-state index contributed by atoms with van der Waals surface area (Å²) < 4.78 is 0.875.